The predicted octanol–water partition coefficient (Wildman–Crippen LogP) is 3.30. The van der Waals surface area contributed by atoms with E-state index in [2.05, 4.69) is 37.7 Å². The Morgan fingerprint density at radius 1 is 1.37 bits per heavy atom. The lowest BCUT2D eigenvalue weighted by Crippen LogP contribution is -2.36. The highest BCUT2D eigenvalue weighted by Crippen LogP contribution is 2.20. The molecule has 106 valence electrons. The molecule has 0 aliphatic carbocycles. The summed E-state index contributed by atoms with van der Waals surface area (Å²) < 4.78 is 0.0639. The average molecular weight is 280 g/mol. The fraction of sp³-hybridized carbons (Fsp3) is 0.533. The van der Waals surface area contributed by atoms with Crippen LogP contribution in [0.15, 0.2) is 18.2 Å². The molecule has 0 fully saturated rings. The third-order valence-electron chi connectivity index (χ3n) is 3.08. The number of hydrogen-bond acceptors (Lipinski definition) is 3. The number of carbonyl (C=O) groups excluding carboxylic acids is 1. The van der Waals surface area contributed by atoms with Crippen LogP contribution in [-0.4, -0.2) is 30.0 Å². The second-order valence-corrected chi connectivity index (χ2v) is 6.72. The Morgan fingerprint density at radius 3 is 2.58 bits per heavy atom. The van der Waals surface area contributed by atoms with Crippen LogP contribution >= 0.6 is 11.8 Å². The molecule has 0 saturated carbocycles. The molecule has 0 aromatic heterocycles. The van der Waals surface area contributed by atoms with Gasteiger partial charge in [-0.15, -0.1) is 0 Å². The van der Waals surface area contributed by atoms with E-state index in [1.165, 1.54) is 0 Å². The molecule has 0 radical (unpaired) electrons. The largest absolute Gasteiger partial charge is 0.385 e. The molecule has 4 heteroatoms. The lowest BCUT2D eigenvalue weighted by Gasteiger charge is -2.22. The molecule has 3 nitrogen and oxygen atoms in total. The molecular weight excluding hydrogens is 256 g/mol. The number of thioether (sulfide) groups is 1. The van der Waals surface area contributed by atoms with Crippen molar-refractivity contribution in [2.24, 2.45) is 0 Å². The molecule has 0 bridgehead atoms. The SMILES string of the molecule is CCNc1ccc(C(=O)NCC(C)(C)SC)cc1C. The number of benzene rings is 1. The molecule has 0 spiro atoms. The number of carbonyl (C=O) groups is 1. The van der Waals surface area contributed by atoms with Gasteiger partial charge in [-0.25, -0.2) is 0 Å². The molecule has 0 atom stereocenters. The van der Waals surface area contributed by atoms with Gasteiger partial charge in [0.2, 0.25) is 0 Å². The summed E-state index contributed by atoms with van der Waals surface area (Å²) in [5.74, 6) is -0.00623. The first-order valence-corrected chi connectivity index (χ1v) is 7.80. The van der Waals surface area contributed by atoms with Gasteiger partial charge in [-0.2, -0.15) is 11.8 Å². The third-order valence-corrected chi connectivity index (χ3v) is 4.33. The van der Waals surface area contributed by atoms with Gasteiger partial charge in [0.05, 0.1) is 0 Å². The molecule has 0 aliphatic heterocycles. The highest BCUT2D eigenvalue weighted by molar-refractivity contribution is 7.99. The van der Waals surface area contributed by atoms with E-state index in [0.717, 1.165) is 23.4 Å². The molecular formula is C15H24N2OS. The molecule has 1 amide bonds. The summed E-state index contributed by atoms with van der Waals surface area (Å²) in [6.07, 6.45) is 2.06. The van der Waals surface area contributed by atoms with Gasteiger partial charge < -0.3 is 10.6 Å². The van der Waals surface area contributed by atoms with Gasteiger partial charge in [-0.05, 0) is 57.7 Å². The van der Waals surface area contributed by atoms with Crippen molar-refractivity contribution in [3.8, 4) is 0 Å². The van der Waals surface area contributed by atoms with Crippen molar-refractivity contribution in [1.82, 2.24) is 5.32 Å². The first-order valence-electron chi connectivity index (χ1n) is 6.57. The van der Waals surface area contributed by atoms with E-state index in [1.54, 1.807) is 11.8 Å². The quantitative estimate of drug-likeness (QED) is 0.840. The Morgan fingerprint density at radius 2 is 2.05 bits per heavy atom. The van der Waals surface area contributed by atoms with E-state index >= 15 is 0 Å². The summed E-state index contributed by atoms with van der Waals surface area (Å²) in [6.45, 7) is 9.87. The summed E-state index contributed by atoms with van der Waals surface area (Å²) in [5, 5.41) is 6.26. The maximum absolute atomic E-state index is 12.1. The van der Waals surface area contributed by atoms with Gasteiger partial charge in [0, 0.05) is 29.1 Å². The van der Waals surface area contributed by atoms with Crippen molar-refractivity contribution < 1.29 is 4.79 Å². The Kier molecular flexibility index (Phi) is 5.73. The molecule has 0 unspecified atom stereocenters. The molecule has 0 heterocycles. The van der Waals surface area contributed by atoms with E-state index in [-0.39, 0.29) is 10.7 Å². The van der Waals surface area contributed by atoms with Gasteiger partial charge in [0.1, 0.15) is 0 Å². The summed E-state index contributed by atoms with van der Waals surface area (Å²) in [6, 6.07) is 5.76. The number of amides is 1. The Bertz CT molecular complexity index is 444. The second kappa shape index (κ2) is 6.85. The van der Waals surface area contributed by atoms with Gasteiger partial charge in [0.15, 0.2) is 0 Å². The monoisotopic (exact) mass is 280 g/mol. The molecule has 0 aliphatic rings. The minimum Gasteiger partial charge on any atom is -0.385 e. The maximum Gasteiger partial charge on any atom is 0.251 e. The zero-order valence-electron chi connectivity index (χ0n) is 12.5. The Hall–Kier alpha value is -1.16. The van der Waals surface area contributed by atoms with Crippen LogP contribution in [0.5, 0.6) is 0 Å². The summed E-state index contributed by atoms with van der Waals surface area (Å²) in [4.78, 5) is 12.1. The fourth-order valence-electron chi connectivity index (χ4n) is 1.66. The van der Waals surface area contributed by atoms with Crippen molar-refractivity contribution in [2.75, 3.05) is 24.7 Å². The van der Waals surface area contributed by atoms with Crippen LogP contribution in [0.3, 0.4) is 0 Å². The predicted molar refractivity (Wildman–Crippen MR) is 85.3 cm³/mol. The number of aryl methyl sites for hydroxylation is 1. The van der Waals surface area contributed by atoms with Crippen LogP contribution in [0.2, 0.25) is 0 Å². The Balaban J connectivity index is 2.70. The molecule has 1 aromatic carbocycles. The first kappa shape index (κ1) is 15.9. The van der Waals surface area contributed by atoms with Crippen molar-refractivity contribution in [2.45, 2.75) is 32.4 Å². The summed E-state index contributed by atoms with van der Waals surface area (Å²) in [5.41, 5.74) is 2.90. The van der Waals surface area contributed by atoms with E-state index in [9.17, 15) is 4.79 Å². The highest BCUT2D eigenvalue weighted by atomic mass is 32.2. The zero-order chi connectivity index (χ0) is 14.5. The van der Waals surface area contributed by atoms with Crippen molar-refractivity contribution >= 4 is 23.4 Å². The van der Waals surface area contributed by atoms with Crippen LogP contribution in [0.4, 0.5) is 5.69 Å². The topological polar surface area (TPSA) is 41.1 Å². The van der Waals surface area contributed by atoms with Gasteiger partial charge in [0.25, 0.3) is 5.91 Å². The van der Waals surface area contributed by atoms with Crippen LogP contribution in [0.1, 0.15) is 36.7 Å². The van der Waals surface area contributed by atoms with E-state index in [0.29, 0.717) is 6.54 Å². The van der Waals surface area contributed by atoms with Crippen molar-refractivity contribution in [3.05, 3.63) is 29.3 Å². The molecule has 2 N–H and O–H groups in total. The lowest BCUT2D eigenvalue weighted by molar-refractivity contribution is 0.0951. The number of hydrogen-bond donors (Lipinski definition) is 2. The second-order valence-electron chi connectivity index (χ2n) is 5.21. The standard InChI is InChI=1S/C15H24N2OS/c1-6-16-13-8-7-12(9-11(13)2)14(18)17-10-15(3,4)19-5/h7-9,16H,6,10H2,1-5H3,(H,17,18). The smallest absolute Gasteiger partial charge is 0.251 e. The van der Waals surface area contributed by atoms with Gasteiger partial charge >= 0.3 is 0 Å². The fourth-order valence-corrected chi connectivity index (χ4v) is 1.88. The summed E-state index contributed by atoms with van der Waals surface area (Å²) >= 11 is 1.75. The van der Waals surface area contributed by atoms with Crippen molar-refractivity contribution in [1.29, 1.82) is 0 Å². The number of nitrogens with one attached hydrogen (secondary N) is 2. The first-order chi connectivity index (χ1) is 8.89. The van der Waals surface area contributed by atoms with E-state index < -0.39 is 0 Å². The average Bonchev–Trinajstić information content (AvgIpc) is 2.38. The maximum atomic E-state index is 12.1. The normalized spacial score (nSPS) is 11.2. The number of rotatable bonds is 6. The highest BCUT2D eigenvalue weighted by Gasteiger charge is 2.17. The number of anilines is 1. The van der Waals surface area contributed by atoms with E-state index in [4.69, 9.17) is 0 Å². The Labute approximate surface area is 120 Å². The van der Waals surface area contributed by atoms with Gasteiger partial charge in [-0.3, -0.25) is 4.79 Å². The third kappa shape index (κ3) is 4.78. The molecule has 0 saturated heterocycles. The molecule has 19 heavy (non-hydrogen) atoms. The minimum atomic E-state index is -0.00623. The van der Waals surface area contributed by atoms with Gasteiger partial charge in [-0.1, -0.05) is 0 Å². The summed E-state index contributed by atoms with van der Waals surface area (Å²) in [7, 11) is 0. The minimum absolute atomic E-state index is 0.00623. The van der Waals surface area contributed by atoms with Crippen LogP contribution < -0.4 is 10.6 Å². The molecule has 1 aromatic rings. The zero-order valence-corrected chi connectivity index (χ0v) is 13.3. The van der Waals surface area contributed by atoms with Crippen LogP contribution in [0.25, 0.3) is 0 Å². The van der Waals surface area contributed by atoms with Crippen LogP contribution in [0, 0.1) is 6.92 Å². The van der Waals surface area contributed by atoms with Crippen LogP contribution in [-0.2, 0) is 0 Å². The van der Waals surface area contributed by atoms with Crippen molar-refractivity contribution in [3.63, 3.8) is 0 Å². The lowest BCUT2D eigenvalue weighted by atomic mass is 10.1. The van der Waals surface area contributed by atoms with E-state index in [1.807, 2.05) is 25.1 Å². The molecule has 1 rings (SSSR count).